The van der Waals surface area contributed by atoms with Crippen molar-refractivity contribution in [3.8, 4) is 5.88 Å². The van der Waals surface area contributed by atoms with Crippen molar-refractivity contribution in [1.82, 2.24) is 9.97 Å². The minimum absolute atomic E-state index is 0.294. The number of rotatable bonds is 4. The Labute approximate surface area is 182 Å². The molecule has 158 valence electrons. The van der Waals surface area contributed by atoms with Gasteiger partial charge in [0.15, 0.2) is 0 Å². The highest BCUT2D eigenvalue weighted by atomic mass is 35.5. The zero-order valence-electron chi connectivity index (χ0n) is 17.6. The number of hydrogen-bond donors (Lipinski definition) is 1. The van der Waals surface area contributed by atoms with Crippen LogP contribution in [0.3, 0.4) is 0 Å². The largest absolute Gasteiger partial charge is 0.481 e. The molecule has 0 atom stereocenters. The van der Waals surface area contributed by atoms with Gasteiger partial charge in [-0.2, -0.15) is 4.98 Å². The lowest BCUT2D eigenvalue weighted by atomic mass is 9.77. The van der Waals surface area contributed by atoms with Crippen LogP contribution >= 0.6 is 11.6 Å². The quantitative estimate of drug-likeness (QED) is 0.616. The highest BCUT2D eigenvalue weighted by molar-refractivity contribution is 6.31. The van der Waals surface area contributed by atoms with E-state index < -0.39 is 11.6 Å². The van der Waals surface area contributed by atoms with Crippen molar-refractivity contribution in [2.75, 3.05) is 0 Å². The number of ether oxygens (including phenoxy) is 1. The lowest BCUT2D eigenvalue weighted by molar-refractivity contribution is -0.138. The predicted molar refractivity (Wildman–Crippen MR) is 118 cm³/mol. The van der Waals surface area contributed by atoms with Crippen LogP contribution in [0.1, 0.15) is 74.4 Å². The SMILES string of the molecule is Cc1nc(Cl)c2c(n1)OC(C)(C)C(c1ccc(C3CCC(CC(=O)O)CC3)cc1)=C2. The highest BCUT2D eigenvalue weighted by Gasteiger charge is 2.33. The molecule has 0 saturated heterocycles. The van der Waals surface area contributed by atoms with E-state index in [0.717, 1.165) is 42.4 Å². The third kappa shape index (κ3) is 4.22. The van der Waals surface area contributed by atoms with E-state index >= 15 is 0 Å². The van der Waals surface area contributed by atoms with Crippen molar-refractivity contribution in [2.45, 2.75) is 64.4 Å². The van der Waals surface area contributed by atoms with Crippen molar-refractivity contribution in [1.29, 1.82) is 0 Å². The van der Waals surface area contributed by atoms with E-state index in [1.54, 1.807) is 6.92 Å². The molecule has 1 aromatic heterocycles. The van der Waals surface area contributed by atoms with E-state index in [2.05, 4.69) is 34.2 Å². The van der Waals surface area contributed by atoms with Gasteiger partial charge in [-0.3, -0.25) is 4.79 Å². The third-order valence-electron chi connectivity index (χ3n) is 6.27. The zero-order chi connectivity index (χ0) is 21.5. The summed E-state index contributed by atoms with van der Waals surface area (Å²) in [6, 6.07) is 8.67. The molecule has 2 aliphatic rings. The Morgan fingerprint density at radius 1 is 1.17 bits per heavy atom. The molecule has 1 aromatic carbocycles. The van der Waals surface area contributed by atoms with E-state index in [1.807, 2.05) is 19.9 Å². The van der Waals surface area contributed by atoms with Gasteiger partial charge in [-0.15, -0.1) is 0 Å². The number of carboxylic acids is 1. The molecule has 0 spiro atoms. The Hall–Kier alpha value is -2.40. The summed E-state index contributed by atoms with van der Waals surface area (Å²) < 4.78 is 6.19. The Morgan fingerprint density at radius 3 is 2.47 bits per heavy atom. The fourth-order valence-corrected chi connectivity index (χ4v) is 4.91. The first-order valence-electron chi connectivity index (χ1n) is 10.5. The van der Waals surface area contributed by atoms with Crippen LogP contribution < -0.4 is 4.74 Å². The van der Waals surface area contributed by atoms with Crippen molar-refractivity contribution >= 4 is 29.2 Å². The van der Waals surface area contributed by atoms with Gasteiger partial charge in [-0.05, 0) is 75.5 Å². The summed E-state index contributed by atoms with van der Waals surface area (Å²) in [4.78, 5) is 19.6. The number of halogens is 1. The Bertz CT molecular complexity index is 990. The van der Waals surface area contributed by atoms with E-state index in [-0.39, 0.29) is 0 Å². The van der Waals surface area contributed by atoms with Gasteiger partial charge in [0.25, 0.3) is 0 Å². The molecule has 30 heavy (non-hydrogen) atoms. The number of carboxylic acid groups (broad SMARTS) is 1. The van der Waals surface area contributed by atoms with Crippen LogP contribution in [0.25, 0.3) is 11.6 Å². The topological polar surface area (TPSA) is 72.3 Å². The summed E-state index contributed by atoms with van der Waals surface area (Å²) in [5, 5.41) is 9.41. The molecule has 1 N–H and O–H groups in total. The van der Waals surface area contributed by atoms with E-state index in [1.165, 1.54) is 5.56 Å². The van der Waals surface area contributed by atoms with Crippen molar-refractivity contribution in [2.24, 2.45) is 5.92 Å². The molecule has 1 aliphatic heterocycles. The third-order valence-corrected chi connectivity index (χ3v) is 6.56. The molecule has 2 heterocycles. The molecule has 0 bridgehead atoms. The van der Waals surface area contributed by atoms with Gasteiger partial charge >= 0.3 is 5.97 Å². The number of nitrogens with zero attached hydrogens (tertiary/aromatic N) is 2. The van der Waals surface area contributed by atoms with Gasteiger partial charge in [-0.1, -0.05) is 35.9 Å². The molecule has 2 aromatic rings. The van der Waals surface area contributed by atoms with Crippen LogP contribution in [0, 0.1) is 12.8 Å². The molecule has 5 nitrogen and oxygen atoms in total. The lowest BCUT2D eigenvalue weighted by Crippen LogP contribution is -2.33. The monoisotopic (exact) mass is 426 g/mol. The molecule has 0 unspecified atom stereocenters. The van der Waals surface area contributed by atoms with Gasteiger partial charge in [0.05, 0.1) is 5.56 Å². The van der Waals surface area contributed by atoms with Gasteiger partial charge in [0.1, 0.15) is 16.6 Å². The summed E-state index contributed by atoms with van der Waals surface area (Å²) >= 11 is 6.35. The number of aromatic nitrogens is 2. The summed E-state index contributed by atoms with van der Waals surface area (Å²) in [6.07, 6.45) is 6.40. The van der Waals surface area contributed by atoms with E-state index in [4.69, 9.17) is 21.4 Å². The van der Waals surface area contributed by atoms with Crippen LogP contribution in [0.5, 0.6) is 5.88 Å². The van der Waals surface area contributed by atoms with Gasteiger partial charge in [0, 0.05) is 12.0 Å². The molecule has 1 fully saturated rings. The zero-order valence-corrected chi connectivity index (χ0v) is 18.4. The Balaban J connectivity index is 1.55. The predicted octanol–water partition coefficient (Wildman–Crippen LogP) is 5.90. The number of benzene rings is 1. The number of carbonyl (C=O) groups is 1. The van der Waals surface area contributed by atoms with Crippen LogP contribution in [-0.2, 0) is 4.79 Å². The summed E-state index contributed by atoms with van der Waals surface area (Å²) in [5.41, 5.74) is 3.64. The van der Waals surface area contributed by atoms with E-state index in [9.17, 15) is 4.79 Å². The summed E-state index contributed by atoms with van der Waals surface area (Å²) in [7, 11) is 0. The van der Waals surface area contributed by atoms with E-state index in [0.29, 0.717) is 35.1 Å². The minimum Gasteiger partial charge on any atom is -0.481 e. The minimum atomic E-state index is -0.685. The van der Waals surface area contributed by atoms with Crippen molar-refractivity contribution < 1.29 is 14.6 Å². The maximum absolute atomic E-state index is 10.9. The Kier molecular flexibility index (Phi) is 5.58. The second kappa shape index (κ2) is 8.03. The van der Waals surface area contributed by atoms with Gasteiger partial charge < -0.3 is 9.84 Å². The fourth-order valence-electron chi connectivity index (χ4n) is 4.65. The van der Waals surface area contributed by atoms with Crippen LogP contribution in [0.4, 0.5) is 0 Å². The number of aryl methyl sites for hydroxylation is 1. The molecule has 0 radical (unpaired) electrons. The second-order valence-corrected chi connectivity index (χ2v) is 9.25. The number of hydrogen-bond acceptors (Lipinski definition) is 4. The first-order valence-corrected chi connectivity index (χ1v) is 10.9. The number of aliphatic carboxylic acids is 1. The molecule has 0 amide bonds. The van der Waals surface area contributed by atoms with Crippen LogP contribution in [-0.4, -0.2) is 26.6 Å². The standard InChI is InChI=1S/C24H27ClN2O3/c1-14-26-22(25)19-13-20(24(2,3)30-23(19)27-14)18-10-8-17(9-11-18)16-6-4-15(5-7-16)12-21(28)29/h8-11,13,15-16H,4-7,12H2,1-3H3,(H,28,29). The highest BCUT2D eigenvalue weighted by Crippen LogP contribution is 2.42. The number of fused-ring (bicyclic) bond motifs is 1. The maximum atomic E-state index is 10.9. The van der Waals surface area contributed by atoms with Crippen molar-refractivity contribution in [3.63, 3.8) is 0 Å². The Morgan fingerprint density at radius 2 is 1.83 bits per heavy atom. The molecular weight excluding hydrogens is 400 g/mol. The second-order valence-electron chi connectivity index (χ2n) is 8.89. The molecule has 6 heteroatoms. The summed E-state index contributed by atoms with van der Waals surface area (Å²) in [6.45, 7) is 5.87. The molecule has 4 rings (SSSR count). The molecular formula is C24H27ClN2O3. The first-order chi connectivity index (χ1) is 14.2. The van der Waals surface area contributed by atoms with Crippen LogP contribution in [0.15, 0.2) is 24.3 Å². The summed E-state index contributed by atoms with van der Waals surface area (Å²) in [5.74, 6) is 1.25. The lowest BCUT2D eigenvalue weighted by Gasteiger charge is -2.34. The molecule has 1 saturated carbocycles. The maximum Gasteiger partial charge on any atom is 0.303 e. The van der Waals surface area contributed by atoms with Crippen LogP contribution in [0.2, 0.25) is 5.15 Å². The molecule has 1 aliphatic carbocycles. The smallest absolute Gasteiger partial charge is 0.303 e. The van der Waals surface area contributed by atoms with Crippen molar-refractivity contribution in [3.05, 3.63) is 51.9 Å². The van der Waals surface area contributed by atoms with Gasteiger partial charge in [-0.25, -0.2) is 4.98 Å². The fraction of sp³-hybridized carbons (Fsp3) is 0.458. The average molecular weight is 427 g/mol. The average Bonchev–Trinajstić information content (AvgIpc) is 2.67. The first kappa shape index (κ1) is 20.9. The van der Waals surface area contributed by atoms with Gasteiger partial charge in [0.2, 0.25) is 5.88 Å². The normalized spacial score (nSPS) is 22.6.